The standard InChI is InChI=1S/C21H21ClNO8P/c1-23-7-6-12(16(26)10-23)19-18(31-32(27,28)29)9-15(25)20-14(24)8-17(30-21(19)20)11-4-2-3-5-13(11)22/h2-5,8-9,12,16,25-26H,6-7,10H2,1H3,(H2,27,28,29)/t12-,16+/m0/s1/i16D. The average molecular weight is 483 g/mol. The van der Waals surface area contributed by atoms with Crippen LogP contribution in [0.2, 0.25) is 5.02 Å². The van der Waals surface area contributed by atoms with E-state index in [9.17, 15) is 29.4 Å². The molecule has 0 spiro atoms. The molecule has 0 saturated carbocycles. The lowest BCUT2D eigenvalue weighted by Crippen LogP contribution is -2.40. The first-order valence-electron chi connectivity index (χ1n) is 10.1. The second kappa shape index (κ2) is 8.51. The molecule has 1 aliphatic heterocycles. The minimum absolute atomic E-state index is 0.0357. The number of β-amino-alcohol motifs (C(OH)–C–C–N with tert-alkyl or cyclic N) is 1. The van der Waals surface area contributed by atoms with Crippen LogP contribution in [0.4, 0.5) is 0 Å². The number of rotatable bonds is 4. The van der Waals surface area contributed by atoms with E-state index in [1.807, 2.05) is 0 Å². The summed E-state index contributed by atoms with van der Waals surface area (Å²) in [4.78, 5) is 33.6. The fraction of sp³-hybridized carbons (Fsp3) is 0.286. The monoisotopic (exact) mass is 482 g/mol. The third kappa shape index (κ3) is 4.41. The van der Waals surface area contributed by atoms with Crippen LogP contribution in [0.25, 0.3) is 22.3 Å². The minimum Gasteiger partial charge on any atom is -0.507 e. The molecule has 4 rings (SSSR count). The van der Waals surface area contributed by atoms with Crippen LogP contribution in [0.5, 0.6) is 11.5 Å². The molecule has 170 valence electrons. The maximum atomic E-state index is 13.0. The van der Waals surface area contributed by atoms with Crippen molar-refractivity contribution < 1.29 is 34.9 Å². The number of phosphoric ester groups is 1. The molecule has 0 bridgehead atoms. The van der Waals surface area contributed by atoms with Gasteiger partial charge in [0.2, 0.25) is 0 Å². The van der Waals surface area contributed by atoms with Gasteiger partial charge in [0, 0.05) is 35.7 Å². The lowest BCUT2D eigenvalue weighted by molar-refractivity contribution is 0.0632. The number of aliphatic hydroxyl groups is 1. The number of phenolic OH excluding ortho intramolecular Hbond substituents is 1. The zero-order chi connectivity index (χ0) is 24.1. The summed E-state index contributed by atoms with van der Waals surface area (Å²) in [5, 5.41) is 21.4. The highest BCUT2D eigenvalue weighted by molar-refractivity contribution is 7.46. The summed E-state index contributed by atoms with van der Waals surface area (Å²) in [7, 11) is -3.40. The van der Waals surface area contributed by atoms with Gasteiger partial charge in [-0.1, -0.05) is 23.7 Å². The Labute approximate surface area is 189 Å². The Balaban J connectivity index is 2.08. The summed E-state index contributed by atoms with van der Waals surface area (Å²) >= 11 is 6.25. The van der Waals surface area contributed by atoms with Crippen LogP contribution in [0.3, 0.4) is 0 Å². The summed E-state index contributed by atoms with van der Waals surface area (Å²) in [5.41, 5.74) is -0.618. The molecule has 9 nitrogen and oxygen atoms in total. The maximum absolute atomic E-state index is 13.0. The van der Waals surface area contributed by atoms with E-state index in [4.69, 9.17) is 21.9 Å². The lowest BCUT2D eigenvalue weighted by Gasteiger charge is -2.34. The van der Waals surface area contributed by atoms with Gasteiger partial charge >= 0.3 is 7.82 Å². The largest absolute Gasteiger partial charge is 0.524 e. The Morgan fingerprint density at radius 2 is 2.03 bits per heavy atom. The van der Waals surface area contributed by atoms with Crippen LogP contribution in [0.15, 0.2) is 45.6 Å². The molecule has 0 aliphatic carbocycles. The first kappa shape index (κ1) is 21.5. The van der Waals surface area contributed by atoms with E-state index >= 15 is 0 Å². The number of likely N-dealkylation sites (N-methyl/N-ethyl adjacent to an activating group) is 1. The van der Waals surface area contributed by atoms with E-state index in [0.29, 0.717) is 12.1 Å². The fourth-order valence-corrected chi connectivity index (χ4v) is 4.57. The number of hydrogen-bond acceptors (Lipinski definition) is 7. The van der Waals surface area contributed by atoms with Crippen molar-refractivity contribution in [3.05, 3.63) is 57.2 Å². The molecule has 0 unspecified atom stereocenters. The van der Waals surface area contributed by atoms with E-state index < -0.39 is 36.7 Å². The molecule has 2 atom stereocenters. The molecular formula is C21H21ClNO8P. The number of halogens is 1. The van der Waals surface area contributed by atoms with Gasteiger partial charge < -0.3 is 24.1 Å². The Bertz CT molecular complexity index is 1340. The van der Waals surface area contributed by atoms with Crippen molar-refractivity contribution in [2.24, 2.45) is 0 Å². The van der Waals surface area contributed by atoms with Gasteiger partial charge in [0.25, 0.3) is 0 Å². The molecule has 1 aromatic heterocycles. The van der Waals surface area contributed by atoms with Crippen LogP contribution in [0.1, 0.15) is 19.3 Å². The number of phenols is 1. The van der Waals surface area contributed by atoms with Gasteiger partial charge in [-0.05, 0) is 32.1 Å². The molecule has 2 heterocycles. The highest BCUT2D eigenvalue weighted by atomic mass is 35.5. The topological polar surface area (TPSA) is 141 Å². The molecule has 11 heteroatoms. The van der Waals surface area contributed by atoms with Crippen molar-refractivity contribution in [3.8, 4) is 22.8 Å². The van der Waals surface area contributed by atoms with E-state index in [-0.39, 0.29) is 40.3 Å². The van der Waals surface area contributed by atoms with Crippen molar-refractivity contribution in [1.82, 2.24) is 4.90 Å². The van der Waals surface area contributed by atoms with Crippen molar-refractivity contribution in [2.45, 2.75) is 18.4 Å². The zero-order valence-electron chi connectivity index (χ0n) is 17.9. The third-order valence-electron chi connectivity index (χ3n) is 5.32. The number of nitrogens with zero attached hydrogens (tertiary/aromatic N) is 1. The van der Waals surface area contributed by atoms with Gasteiger partial charge in [-0.2, -0.15) is 0 Å². The third-order valence-corrected chi connectivity index (χ3v) is 6.08. The van der Waals surface area contributed by atoms with E-state index in [0.717, 1.165) is 12.1 Å². The van der Waals surface area contributed by atoms with Crippen LogP contribution in [-0.4, -0.2) is 51.1 Å². The number of aromatic hydroxyl groups is 1. The second-order valence-electron chi connectivity index (χ2n) is 7.62. The molecule has 32 heavy (non-hydrogen) atoms. The molecule has 1 fully saturated rings. The van der Waals surface area contributed by atoms with Crippen molar-refractivity contribution in [1.29, 1.82) is 0 Å². The number of benzene rings is 2. The van der Waals surface area contributed by atoms with Gasteiger partial charge in [0.05, 0.1) is 12.5 Å². The average Bonchev–Trinajstić information content (AvgIpc) is 2.67. The Hall–Kier alpha value is -2.39. The molecular weight excluding hydrogens is 461 g/mol. The summed E-state index contributed by atoms with van der Waals surface area (Å²) in [6.07, 6.45) is -1.92. The number of piperidine rings is 1. The predicted octanol–water partition coefficient (Wildman–Crippen LogP) is 3.07. The summed E-state index contributed by atoms with van der Waals surface area (Å²) < 4.78 is 30.9. The summed E-state index contributed by atoms with van der Waals surface area (Å²) in [6, 6.07) is 8.59. The van der Waals surface area contributed by atoms with Gasteiger partial charge in [-0.25, -0.2) is 4.57 Å². The first-order chi connectivity index (χ1) is 15.4. The van der Waals surface area contributed by atoms with Gasteiger partial charge in [0.15, 0.2) is 5.43 Å². The van der Waals surface area contributed by atoms with Crippen LogP contribution in [-0.2, 0) is 4.57 Å². The first-order valence-corrected chi connectivity index (χ1v) is 11.5. The zero-order valence-corrected chi connectivity index (χ0v) is 18.5. The lowest BCUT2D eigenvalue weighted by atomic mass is 9.85. The molecule has 3 aromatic rings. The predicted molar refractivity (Wildman–Crippen MR) is 118 cm³/mol. The molecule has 1 saturated heterocycles. The Morgan fingerprint density at radius 1 is 1.31 bits per heavy atom. The van der Waals surface area contributed by atoms with Gasteiger partial charge in [0.1, 0.15) is 28.2 Å². The Morgan fingerprint density at radius 3 is 2.69 bits per heavy atom. The second-order valence-corrected chi connectivity index (χ2v) is 9.19. The fourth-order valence-electron chi connectivity index (χ4n) is 3.93. The van der Waals surface area contributed by atoms with Gasteiger partial charge in [-0.15, -0.1) is 0 Å². The van der Waals surface area contributed by atoms with Crippen molar-refractivity contribution in [2.75, 3.05) is 20.1 Å². The quantitative estimate of drug-likeness (QED) is 0.413. The summed E-state index contributed by atoms with van der Waals surface area (Å²) in [6.45, 7) is 0.363. The molecule has 1 aliphatic rings. The SMILES string of the molecule is [2H][C@@]1(O)CN(C)CC[C@@H]1c1c(OP(=O)(O)O)cc(O)c2c(=O)cc(-c3ccccc3Cl)oc12. The van der Waals surface area contributed by atoms with Crippen molar-refractivity contribution >= 4 is 30.4 Å². The normalized spacial score (nSPS) is 22.7. The smallest absolute Gasteiger partial charge is 0.507 e. The van der Waals surface area contributed by atoms with Crippen LogP contribution in [0, 0.1) is 0 Å². The van der Waals surface area contributed by atoms with E-state index in [1.54, 1.807) is 36.2 Å². The molecule has 4 N–H and O–H groups in total. The van der Waals surface area contributed by atoms with Crippen molar-refractivity contribution in [3.63, 3.8) is 0 Å². The van der Waals surface area contributed by atoms with E-state index in [2.05, 4.69) is 0 Å². The number of likely N-dealkylation sites (tertiary alicyclic amines) is 1. The molecule has 2 aromatic carbocycles. The number of hydrogen-bond donors (Lipinski definition) is 4. The minimum atomic E-state index is -5.11. The Kier molecular flexibility index (Phi) is 5.71. The molecule has 0 radical (unpaired) electrons. The number of fused-ring (bicyclic) bond motifs is 1. The van der Waals surface area contributed by atoms with Gasteiger partial charge in [-0.3, -0.25) is 14.6 Å². The van der Waals surface area contributed by atoms with E-state index in [1.165, 1.54) is 0 Å². The molecule has 0 amide bonds. The highest BCUT2D eigenvalue weighted by Crippen LogP contribution is 2.48. The van der Waals surface area contributed by atoms with Crippen LogP contribution < -0.4 is 9.95 Å². The number of phosphoric acid groups is 1. The summed E-state index contributed by atoms with van der Waals surface area (Å²) in [5.74, 6) is -2.14. The maximum Gasteiger partial charge on any atom is 0.524 e. The highest BCUT2D eigenvalue weighted by Gasteiger charge is 2.35. The van der Waals surface area contributed by atoms with Crippen LogP contribution >= 0.6 is 19.4 Å².